The molecule has 1 aromatic rings. The first kappa shape index (κ1) is 13.4. The van der Waals surface area contributed by atoms with E-state index in [4.69, 9.17) is 5.73 Å². The van der Waals surface area contributed by atoms with E-state index in [1.165, 1.54) is 0 Å². The van der Waals surface area contributed by atoms with Gasteiger partial charge in [-0.25, -0.2) is 0 Å². The van der Waals surface area contributed by atoms with Gasteiger partial charge in [-0.15, -0.1) is 0 Å². The highest BCUT2D eigenvalue weighted by Gasteiger charge is 2.32. The molecule has 2 heterocycles. The summed E-state index contributed by atoms with van der Waals surface area (Å²) in [5, 5.41) is 13.6. The molecule has 1 saturated heterocycles. The fourth-order valence-electron chi connectivity index (χ4n) is 2.74. The molecule has 0 saturated carbocycles. The molecular weight excluding hydrogens is 242 g/mol. The topological polar surface area (TPSA) is 87.9 Å². The Labute approximate surface area is 112 Å². The van der Waals surface area contributed by atoms with Crippen LogP contribution in [0.4, 0.5) is 5.82 Å². The molecule has 1 aromatic heterocycles. The third-order valence-electron chi connectivity index (χ3n) is 3.86. The quantitative estimate of drug-likeness (QED) is 0.848. The van der Waals surface area contributed by atoms with Crippen molar-refractivity contribution in [3.05, 3.63) is 11.3 Å². The number of carbonyl (C=O) groups excluding carboxylic acids is 1. The zero-order chi connectivity index (χ0) is 14.2. The Balaban J connectivity index is 2.39. The lowest BCUT2D eigenvalue weighted by Gasteiger charge is -2.38. The molecule has 2 atom stereocenters. The molecule has 0 aromatic carbocycles. The second-order valence-electron chi connectivity index (χ2n) is 5.20. The van der Waals surface area contributed by atoms with Crippen molar-refractivity contribution in [3.8, 4) is 6.07 Å². The number of aromatic nitrogens is 2. The zero-order valence-corrected chi connectivity index (χ0v) is 11.6. The van der Waals surface area contributed by atoms with Crippen molar-refractivity contribution in [2.75, 3.05) is 11.4 Å². The van der Waals surface area contributed by atoms with Crippen molar-refractivity contribution in [3.63, 3.8) is 0 Å². The molecule has 0 spiro atoms. The lowest BCUT2D eigenvalue weighted by Crippen LogP contribution is -2.46. The van der Waals surface area contributed by atoms with Gasteiger partial charge in [0.1, 0.15) is 17.5 Å². The van der Waals surface area contributed by atoms with E-state index in [1.54, 1.807) is 4.68 Å². The van der Waals surface area contributed by atoms with E-state index >= 15 is 0 Å². The van der Waals surface area contributed by atoms with E-state index < -0.39 is 0 Å². The van der Waals surface area contributed by atoms with E-state index in [2.05, 4.69) is 23.0 Å². The van der Waals surface area contributed by atoms with E-state index in [0.29, 0.717) is 17.8 Å². The van der Waals surface area contributed by atoms with Crippen LogP contribution in [-0.4, -0.2) is 28.3 Å². The minimum absolute atomic E-state index is 0.155. The summed E-state index contributed by atoms with van der Waals surface area (Å²) in [7, 11) is 1.82. The minimum Gasteiger partial charge on any atom is -0.369 e. The van der Waals surface area contributed by atoms with Crippen LogP contribution in [0.25, 0.3) is 0 Å². The predicted molar refractivity (Wildman–Crippen MR) is 71.4 cm³/mol. The molecule has 0 bridgehead atoms. The van der Waals surface area contributed by atoms with E-state index in [1.807, 2.05) is 14.0 Å². The largest absolute Gasteiger partial charge is 0.369 e. The van der Waals surface area contributed by atoms with Crippen LogP contribution in [0.1, 0.15) is 31.0 Å². The summed E-state index contributed by atoms with van der Waals surface area (Å²) in [6, 6.07) is 2.48. The molecular formula is C13H19N5O. The van der Waals surface area contributed by atoms with Crippen LogP contribution in [0.3, 0.4) is 0 Å². The fraction of sp³-hybridized carbons (Fsp3) is 0.615. The molecule has 0 aliphatic carbocycles. The number of rotatable bonds is 2. The molecule has 1 aliphatic rings. The number of nitrogens with zero attached hydrogens (tertiary/aromatic N) is 4. The van der Waals surface area contributed by atoms with Crippen LogP contribution in [0.5, 0.6) is 0 Å². The SMILES string of the molecule is Cc1nn(C)c(N2CC(C(N)=O)CCC2C)c1C#N. The molecule has 1 amide bonds. The number of piperidine rings is 1. The Hall–Kier alpha value is -2.03. The molecule has 1 aliphatic heterocycles. The molecule has 6 nitrogen and oxygen atoms in total. The van der Waals surface area contributed by atoms with Gasteiger partial charge in [-0.2, -0.15) is 10.4 Å². The summed E-state index contributed by atoms with van der Waals surface area (Å²) in [5.41, 5.74) is 6.71. The number of primary amides is 1. The maximum Gasteiger partial charge on any atom is 0.222 e. The van der Waals surface area contributed by atoms with Gasteiger partial charge in [0.2, 0.25) is 5.91 Å². The number of nitrogens with two attached hydrogens (primary N) is 1. The Morgan fingerprint density at radius 3 is 2.79 bits per heavy atom. The van der Waals surface area contributed by atoms with Crippen molar-refractivity contribution in [1.29, 1.82) is 5.26 Å². The van der Waals surface area contributed by atoms with Crippen LogP contribution >= 0.6 is 0 Å². The Kier molecular flexibility index (Phi) is 3.47. The predicted octanol–water partition coefficient (Wildman–Crippen LogP) is 0.690. The number of hydrogen-bond acceptors (Lipinski definition) is 4. The first-order valence-corrected chi connectivity index (χ1v) is 6.45. The summed E-state index contributed by atoms with van der Waals surface area (Å²) in [5.74, 6) is 0.366. The number of hydrogen-bond donors (Lipinski definition) is 1. The second-order valence-corrected chi connectivity index (χ2v) is 5.20. The second kappa shape index (κ2) is 4.92. The molecule has 1 fully saturated rings. The molecule has 2 unspecified atom stereocenters. The third-order valence-corrected chi connectivity index (χ3v) is 3.86. The number of amides is 1. The summed E-state index contributed by atoms with van der Waals surface area (Å²) in [6.45, 7) is 4.48. The van der Waals surface area contributed by atoms with Crippen LogP contribution in [-0.2, 0) is 11.8 Å². The Bertz CT molecular complexity index is 542. The van der Waals surface area contributed by atoms with Crippen LogP contribution in [0.2, 0.25) is 0 Å². The number of carbonyl (C=O) groups is 1. The first-order chi connectivity index (χ1) is 8.95. The highest BCUT2D eigenvalue weighted by Crippen LogP contribution is 2.30. The summed E-state index contributed by atoms with van der Waals surface area (Å²) < 4.78 is 1.72. The first-order valence-electron chi connectivity index (χ1n) is 6.45. The van der Waals surface area contributed by atoms with E-state index in [9.17, 15) is 10.1 Å². The fourth-order valence-corrected chi connectivity index (χ4v) is 2.74. The van der Waals surface area contributed by atoms with E-state index in [-0.39, 0.29) is 17.9 Å². The number of nitriles is 1. The maximum absolute atomic E-state index is 11.4. The molecule has 0 radical (unpaired) electrons. The standard InChI is InChI=1S/C13H19N5O/c1-8-4-5-10(12(15)19)7-18(8)13-11(6-14)9(2)16-17(13)3/h8,10H,4-5,7H2,1-3H3,(H2,15,19). The van der Waals surface area contributed by atoms with Crippen molar-refractivity contribution >= 4 is 11.7 Å². The monoisotopic (exact) mass is 261 g/mol. The molecule has 19 heavy (non-hydrogen) atoms. The van der Waals surface area contributed by atoms with Gasteiger partial charge in [-0.1, -0.05) is 0 Å². The van der Waals surface area contributed by atoms with Gasteiger partial charge in [0.25, 0.3) is 0 Å². The average Bonchev–Trinajstić information content (AvgIpc) is 2.63. The van der Waals surface area contributed by atoms with Gasteiger partial charge in [-0.3, -0.25) is 9.48 Å². The lowest BCUT2D eigenvalue weighted by atomic mass is 9.92. The summed E-state index contributed by atoms with van der Waals surface area (Å²) in [4.78, 5) is 13.5. The van der Waals surface area contributed by atoms with Crippen molar-refractivity contribution in [2.45, 2.75) is 32.7 Å². The maximum atomic E-state index is 11.4. The summed E-state index contributed by atoms with van der Waals surface area (Å²) >= 11 is 0. The number of anilines is 1. The van der Waals surface area contributed by atoms with Crippen LogP contribution in [0, 0.1) is 24.2 Å². The molecule has 2 rings (SSSR count). The lowest BCUT2D eigenvalue weighted by molar-refractivity contribution is -0.122. The Morgan fingerprint density at radius 1 is 1.53 bits per heavy atom. The van der Waals surface area contributed by atoms with Crippen molar-refractivity contribution < 1.29 is 4.79 Å². The highest BCUT2D eigenvalue weighted by atomic mass is 16.1. The van der Waals surface area contributed by atoms with Gasteiger partial charge in [0.15, 0.2) is 0 Å². The molecule has 2 N–H and O–H groups in total. The average molecular weight is 261 g/mol. The third kappa shape index (κ3) is 2.28. The van der Waals surface area contributed by atoms with Crippen LogP contribution < -0.4 is 10.6 Å². The Morgan fingerprint density at radius 2 is 2.21 bits per heavy atom. The number of aryl methyl sites for hydroxylation is 2. The highest BCUT2D eigenvalue weighted by molar-refractivity contribution is 5.77. The van der Waals surface area contributed by atoms with Gasteiger partial charge in [0.05, 0.1) is 11.6 Å². The normalized spacial score (nSPS) is 23.2. The van der Waals surface area contributed by atoms with Gasteiger partial charge in [-0.05, 0) is 26.7 Å². The van der Waals surface area contributed by atoms with Gasteiger partial charge < -0.3 is 10.6 Å². The van der Waals surface area contributed by atoms with Gasteiger partial charge in [0, 0.05) is 19.6 Å². The van der Waals surface area contributed by atoms with Crippen molar-refractivity contribution in [1.82, 2.24) is 9.78 Å². The van der Waals surface area contributed by atoms with Gasteiger partial charge >= 0.3 is 0 Å². The smallest absolute Gasteiger partial charge is 0.222 e. The minimum atomic E-state index is -0.269. The molecule has 102 valence electrons. The van der Waals surface area contributed by atoms with Crippen LogP contribution in [0.15, 0.2) is 0 Å². The summed E-state index contributed by atoms with van der Waals surface area (Å²) in [6.07, 6.45) is 1.70. The zero-order valence-electron chi connectivity index (χ0n) is 11.6. The molecule has 6 heteroatoms. The van der Waals surface area contributed by atoms with E-state index in [0.717, 1.165) is 18.7 Å². The van der Waals surface area contributed by atoms with Crippen molar-refractivity contribution in [2.24, 2.45) is 18.7 Å².